The molecule has 7 heteroatoms. The van der Waals surface area contributed by atoms with E-state index >= 15 is 0 Å². The SMILES string of the molecule is COc1ccc(C(=O)NC2CCCCC2)cc1S(=O)(=O)N1CCCCC1. The van der Waals surface area contributed by atoms with Crippen molar-refractivity contribution in [1.29, 1.82) is 0 Å². The second-order valence-corrected chi connectivity index (χ2v) is 9.05. The van der Waals surface area contributed by atoms with Gasteiger partial charge in [-0.05, 0) is 43.9 Å². The van der Waals surface area contributed by atoms with Crippen LogP contribution >= 0.6 is 0 Å². The summed E-state index contributed by atoms with van der Waals surface area (Å²) in [6.45, 7) is 1.04. The zero-order valence-corrected chi connectivity index (χ0v) is 16.2. The van der Waals surface area contributed by atoms with Crippen molar-refractivity contribution in [3.63, 3.8) is 0 Å². The van der Waals surface area contributed by atoms with Crippen LogP contribution in [0.2, 0.25) is 0 Å². The van der Waals surface area contributed by atoms with E-state index in [2.05, 4.69) is 5.32 Å². The highest BCUT2D eigenvalue weighted by Crippen LogP contribution is 2.29. The maximum Gasteiger partial charge on any atom is 0.251 e. The quantitative estimate of drug-likeness (QED) is 0.852. The zero-order chi connectivity index (χ0) is 18.6. The number of sulfonamides is 1. The van der Waals surface area contributed by atoms with Crippen LogP contribution in [0.5, 0.6) is 5.75 Å². The van der Waals surface area contributed by atoms with Gasteiger partial charge in [-0.25, -0.2) is 8.42 Å². The van der Waals surface area contributed by atoms with Gasteiger partial charge in [-0.1, -0.05) is 25.7 Å². The molecule has 1 aromatic carbocycles. The molecule has 0 radical (unpaired) electrons. The zero-order valence-electron chi connectivity index (χ0n) is 15.4. The van der Waals surface area contributed by atoms with Crippen LogP contribution in [0.1, 0.15) is 61.7 Å². The Morgan fingerprint density at radius 2 is 1.73 bits per heavy atom. The first kappa shape index (κ1) is 19.2. The van der Waals surface area contributed by atoms with Gasteiger partial charge >= 0.3 is 0 Å². The van der Waals surface area contributed by atoms with Crippen molar-refractivity contribution in [2.45, 2.75) is 62.3 Å². The monoisotopic (exact) mass is 380 g/mol. The van der Waals surface area contributed by atoms with Crippen LogP contribution in [0.3, 0.4) is 0 Å². The van der Waals surface area contributed by atoms with Crippen LogP contribution in [0.15, 0.2) is 23.1 Å². The average Bonchev–Trinajstić information content (AvgIpc) is 2.69. The van der Waals surface area contributed by atoms with Gasteiger partial charge in [0.15, 0.2) is 0 Å². The summed E-state index contributed by atoms with van der Waals surface area (Å²) in [5, 5.41) is 3.04. The van der Waals surface area contributed by atoms with Gasteiger partial charge in [-0.3, -0.25) is 4.79 Å². The molecule has 6 nitrogen and oxygen atoms in total. The highest BCUT2D eigenvalue weighted by molar-refractivity contribution is 7.89. The predicted octanol–water partition coefficient (Wildman–Crippen LogP) is 2.93. The molecule has 2 fully saturated rings. The first-order valence-corrected chi connectivity index (χ1v) is 11.0. The Labute approximate surface area is 156 Å². The van der Waals surface area contributed by atoms with E-state index in [0.717, 1.165) is 44.9 Å². The number of amides is 1. The van der Waals surface area contributed by atoms with E-state index in [1.807, 2.05) is 0 Å². The van der Waals surface area contributed by atoms with Crippen molar-refractivity contribution >= 4 is 15.9 Å². The Hall–Kier alpha value is -1.60. The van der Waals surface area contributed by atoms with Gasteiger partial charge in [0.2, 0.25) is 10.0 Å². The Morgan fingerprint density at radius 1 is 1.08 bits per heavy atom. The van der Waals surface area contributed by atoms with E-state index in [1.165, 1.54) is 23.9 Å². The second kappa shape index (κ2) is 8.39. The minimum absolute atomic E-state index is 0.0817. The van der Waals surface area contributed by atoms with Crippen molar-refractivity contribution in [3.8, 4) is 5.75 Å². The number of nitrogens with zero attached hydrogens (tertiary/aromatic N) is 1. The fourth-order valence-corrected chi connectivity index (χ4v) is 5.48. The van der Waals surface area contributed by atoms with Gasteiger partial charge in [0.25, 0.3) is 5.91 Å². The van der Waals surface area contributed by atoms with E-state index in [0.29, 0.717) is 18.7 Å². The third-order valence-electron chi connectivity index (χ3n) is 5.30. The van der Waals surface area contributed by atoms with Crippen LogP contribution in [-0.2, 0) is 10.0 Å². The van der Waals surface area contributed by atoms with E-state index in [9.17, 15) is 13.2 Å². The average molecular weight is 381 g/mol. The molecule has 1 aromatic rings. The maximum absolute atomic E-state index is 13.0. The normalized spacial score (nSPS) is 19.9. The summed E-state index contributed by atoms with van der Waals surface area (Å²) in [6, 6.07) is 4.85. The molecule has 1 amide bonds. The van der Waals surface area contributed by atoms with E-state index in [1.54, 1.807) is 12.1 Å². The molecule has 1 heterocycles. The van der Waals surface area contributed by atoms with Crippen LogP contribution in [0, 0.1) is 0 Å². The summed E-state index contributed by atoms with van der Waals surface area (Å²) in [4.78, 5) is 12.7. The Kier molecular flexibility index (Phi) is 6.19. The summed E-state index contributed by atoms with van der Waals surface area (Å²) < 4.78 is 32.9. The molecular formula is C19H28N2O4S. The molecule has 1 aliphatic carbocycles. The first-order valence-electron chi connectivity index (χ1n) is 9.51. The van der Waals surface area contributed by atoms with Crippen molar-refractivity contribution < 1.29 is 17.9 Å². The van der Waals surface area contributed by atoms with Gasteiger partial charge in [-0.15, -0.1) is 0 Å². The highest BCUT2D eigenvalue weighted by atomic mass is 32.2. The van der Waals surface area contributed by atoms with Crippen LogP contribution in [0.25, 0.3) is 0 Å². The molecule has 2 aliphatic rings. The molecule has 1 aliphatic heterocycles. The van der Waals surface area contributed by atoms with E-state index in [-0.39, 0.29) is 22.6 Å². The van der Waals surface area contributed by atoms with Crippen LogP contribution in [-0.4, -0.2) is 44.9 Å². The molecule has 0 unspecified atom stereocenters. The minimum atomic E-state index is -3.67. The molecule has 0 aromatic heterocycles. The third-order valence-corrected chi connectivity index (χ3v) is 7.22. The second-order valence-electron chi connectivity index (χ2n) is 7.14. The molecule has 26 heavy (non-hydrogen) atoms. The largest absolute Gasteiger partial charge is 0.495 e. The summed E-state index contributed by atoms with van der Waals surface area (Å²) >= 11 is 0. The number of nitrogens with one attached hydrogen (secondary N) is 1. The molecule has 0 spiro atoms. The topological polar surface area (TPSA) is 75.7 Å². The number of ether oxygens (including phenoxy) is 1. The molecule has 1 saturated heterocycles. The summed E-state index contributed by atoms with van der Waals surface area (Å²) in [5.41, 5.74) is 0.368. The fraction of sp³-hybridized carbons (Fsp3) is 0.632. The Balaban J connectivity index is 1.84. The molecule has 0 bridgehead atoms. The molecule has 1 saturated carbocycles. The maximum atomic E-state index is 13.0. The smallest absolute Gasteiger partial charge is 0.251 e. The van der Waals surface area contributed by atoms with Gasteiger partial charge in [0.05, 0.1) is 7.11 Å². The summed E-state index contributed by atoms with van der Waals surface area (Å²) in [6.07, 6.45) is 8.22. The number of carbonyl (C=O) groups is 1. The van der Waals surface area contributed by atoms with Crippen LogP contribution in [0.4, 0.5) is 0 Å². The van der Waals surface area contributed by atoms with Gasteiger partial charge in [0.1, 0.15) is 10.6 Å². The van der Waals surface area contributed by atoms with Gasteiger partial charge in [-0.2, -0.15) is 4.31 Å². The number of hydrogen-bond acceptors (Lipinski definition) is 4. The summed E-state index contributed by atoms with van der Waals surface area (Å²) in [5.74, 6) is 0.0689. The minimum Gasteiger partial charge on any atom is -0.495 e. The Bertz CT molecular complexity index is 736. The van der Waals surface area contributed by atoms with Crippen molar-refractivity contribution in [2.75, 3.05) is 20.2 Å². The highest BCUT2D eigenvalue weighted by Gasteiger charge is 2.30. The van der Waals surface area contributed by atoms with E-state index in [4.69, 9.17) is 4.74 Å². The number of piperidine rings is 1. The lowest BCUT2D eigenvalue weighted by Crippen LogP contribution is -2.37. The lowest BCUT2D eigenvalue weighted by molar-refractivity contribution is 0.0927. The molecule has 0 atom stereocenters. The third kappa shape index (κ3) is 4.20. The number of hydrogen-bond donors (Lipinski definition) is 1. The first-order chi connectivity index (χ1) is 12.5. The van der Waals surface area contributed by atoms with Crippen LogP contribution < -0.4 is 10.1 Å². The molecule has 3 rings (SSSR count). The van der Waals surface area contributed by atoms with E-state index < -0.39 is 10.0 Å². The predicted molar refractivity (Wildman–Crippen MR) is 99.9 cm³/mol. The lowest BCUT2D eigenvalue weighted by atomic mass is 9.95. The Morgan fingerprint density at radius 3 is 2.38 bits per heavy atom. The lowest BCUT2D eigenvalue weighted by Gasteiger charge is -2.27. The number of methoxy groups -OCH3 is 1. The van der Waals surface area contributed by atoms with Gasteiger partial charge < -0.3 is 10.1 Å². The molecule has 1 N–H and O–H groups in total. The van der Waals surface area contributed by atoms with Gasteiger partial charge in [0, 0.05) is 24.7 Å². The number of benzene rings is 1. The van der Waals surface area contributed by atoms with Crippen molar-refractivity contribution in [2.24, 2.45) is 0 Å². The number of carbonyl (C=O) groups excluding carboxylic acids is 1. The standard InChI is InChI=1S/C19H28N2O4S/c1-25-17-11-10-15(19(22)20-16-8-4-2-5-9-16)14-18(17)26(23,24)21-12-6-3-7-13-21/h10-11,14,16H,2-9,12-13H2,1H3,(H,20,22). The van der Waals surface area contributed by atoms with Crippen molar-refractivity contribution in [1.82, 2.24) is 9.62 Å². The fourth-order valence-electron chi connectivity index (χ4n) is 3.78. The number of rotatable bonds is 5. The summed E-state index contributed by atoms with van der Waals surface area (Å²) in [7, 11) is -2.21. The molecular weight excluding hydrogens is 352 g/mol. The van der Waals surface area contributed by atoms with Crippen molar-refractivity contribution in [3.05, 3.63) is 23.8 Å². The molecule has 144 valence electrons.